The summed E-state index contributed by atoms with van der Waals surface area (Å²) in [7, 11) is 1.96. The van der Waals surface area contributed by atoms with Crippen molar-refractivity contribution in [1.82, 2.24) is 14.5 Å². The van der Waals surface area contributed by atoms with E-state index in [1.165, 1.54) is 6.07 Å². The number of nitrogens with zero attached hydrogens (tertiary/aromatic N) is 3. The van der Waals surface area contributed by atoms with Crippen molar-refractivity contribution in [3.05, 3.63) is 59.9 Å². The van der Waals surface area contributed by atoms with E-state index < -0.39 is 5.51 Å². The smallest absolute Gasteiger partial charge is 0.371 e. The van der Waals surface area contributed by atoms with Crippen LogP contribution in [0.1, 0.15) is 17.2 Å². The van der Waals surface area contributed by atoms with Gasteiger partial charge in [-0.1, -0.05) is 18.2 Å². The Labute approximate surface area is 165 Å². The fraction of sp³-hybridized carbons (Fsp3) is 0.350. The van der Waals surface area contributed by atoms with Gasteiger partial charge in [-0.2, -0.15) is 13.2 Å². The number of alkyl halides is 3. The third-order valence-corrected chi connectivity index (χ3v) is 5.53. The minimum absolute atomic E-state index is 0.0687. The van der Waals surface area contributed by atoms with Crippen LogP contribution in [0.2, 0.25) is 0 Å². The molecule has 0 unspecified atom stereocenters. The Morgan fingerprint density at radius 3 is 2.89 bits per heavy atom. The molecule has 4 nitrogen and oxygen atoms in total. The fourth-order valence-electron chi connectivity index (χ4n) is 3.49. The zero-order chi connectivity index (χ0) is 19.7. The number of morpholine rings is 1. The summed E-state index contributed by atoms with van der Waals surface area (Å²) in [4.78, 5) is 6.78. The minimum atomic E-state index is -4.27. The van der Waals surface area contributed by atoms with Gasteiger partial charge in [0.25, 0.3) is 0 Å². The number of hydrogen-bond acceptors (Lipinski definition) is 4. The largest absolute Gasteiger partial charge is 0.446 e. The predicted molar refractivity (Wildman–Crippen MR) is 103 cm³/mol. The molecule has 0 bridgehead atoms. The van der Waals surface area contributed by atoms with Crippen LogP contribution in [0.5, 0.6) is 0 Å². The average Bonchev–Trinajstić information content (AvgIpc) is 3.01. The third kappa shape index (κ3) is 4.51. The molecule has 1 aliphatic rings. The number of imidazole rings is 1. The maximum Gasteiger partial charge on any atom is 0.446 e. The van der Waals surface area contributed by atoms with Crippen LogP contribution in [0.25, 0.3) is 11.0 Å². The molecule has 1 atom stereocenters. The van der Waals surface area contributed by atoms with Gasteiger partial charge in [-0.05, 0) is 47.2 Å². The van der Waals surface area contributed by atoms with E-state index in [1.54, 1.807) is 18.5 Å². The zero-order valence-electron chi connectivity index (χ0n) is 15.3. The number of thioether (sulfide) groups is 1. The SMILES string of the molecule is Cn1cnc2ccc([C@H]3CN(Cc4cccc(SC(F)(F)F)c4)CCO3)cc21. The Hall–Kier alpha value is -2.03. The lowest BCUT2D eigenvalue weighted by Gasteiger charge is -2.33. The number of fused-ring (bicyclic) bond motifs is 1. The Bertz CT molecular complexity index is 973. The van der Waals surface area contributed by atoms with Crippen LogP contribution in [0.4, 0.5) is 13.2 Å². The lowest BCUT2D eigenvalue weighted by atomic mass is 10.1. The summed E-state index contributed by atoms with van der Waals surface area (Å²) in [5, 5.41) is 0. The van der Waals surface area contributed by atoms with Gasteiger partial charge in [-0.15, -0.1) is 0 Å². The summed E-state index contributed by atoms with van der Waals surface area (Å²) in [6.07, 6.45) is 1.72. The normalized spacial score (nSPS) is 18.6. The van der Waals surface area contributed by atoms with Crippen LogP contribution in [0.15, 0.2) is 53.7 Å². The van der Waals surface area contributed by atoms with Crippen molar-refractivity contribution in [3.63, 3.8) is 0 Å². The molecule has 2 aromatic carbocycles. The fourth-order valence-corrected chi connectivity index (χ4v) is 4.11. The van der Waals surface area contributed by atoms with Gasteiger partial charge < -0.3 is 9.30 Å². The Morgan fingerprint density at radius 2 is 2.07 bits per heavy atom. The molecule has 148 valence electrons. The van der Waals surface area contributed by atoms with Crippen molar-refractivity contribution < 1.29 is 17.9 Å². The quantitative estimate of drug-likeness (QED) is 0.584. The highest BCUT2D eigenvalue weighted by atomic mass is 32.2. The van der Waals surface area contributed by atoms with Crippen molar-refractivity contribution in [2.45, 2.75) is 23.1 Å². The van der Waals surface area contributed by atoms with E-state index in [0.29, 0.717) is 19.7 Å². The van der Waals surface area contributed by atoms with Crippen LogP contribution in [-0.4, -0.2) is 39.7 Å². The molecule has 0 N–H and O–H groups in total. The zero-order valence-corrected chi connectivity index (χ0v) is 16.1. The minimum Gasteiger partial charge on any atom is -0.371 e. The van der Waals surface area contributed by atoms with Gasteiger partial charge in [0.15, 0.2) is 0 Å². The molecule has 1 fully saturated rings. The van der Waals surface area contributed by atoms with Gasteiger partial charge in [0, 0.05) is 31.6 Å². The molecule has 0 amide bonds. The summed E-state index contributed by atoms with van der Waals surface area (Å²) in [6.45, 7) is 2.63. The first-order valence-corrected chi connectivity index (χ1v) is 9.79. The molecule has 28 heavy (non-hydrogen) atoms. The molecule has 0 radical (unpaired) electrons. The highest BCUT2D eigenvalue weighted by molar-refractivity contribution is 8.00. The number of rotatable bonds is 4. The summed E-state index contributed by atoms with van der Waals surface area (Å²) in [5.41, 5.74) is -0.320. The number of aryl methyl sites for hydroxylation is 1. The van der Waals surface area contributed by atoms with E-state index in [1.807, 2.05) is 29.8 Å². The Morgan fingerprint density at radius 1 is 1.21 bits per heavy atom. The van der Waals surface area contributed by atoms with Crippen molar-refractivity contribution in [2.75, 3.05) is 19.7 Å². The second-order valence-electron chi connectivity index (χ2n) is 6.89. The summed E-state index contributed by atoms with van der Waals surface area (Å²) in [6, 6.07) is 12.8. The number of aromatic nitrogens is 2. The molecular formula is C20H20F3N3OS. The lowest BCUT2D eigenvalue weighted by Crippen LogP contribution is -2.37. The first-order valence-electron chi connectivity index (χ1n) is 8.97. The summed E-state index contributed by atoms with van der Waals surface area (Å²) < 4.78 is 45.8. The second-order valence-corrected chi connectivity index (χ2v) is 8.03. The van der Waals surface area contributed by atoms with Crippen LogP contribution in [-0.2, 0) is 18.3 Å². The van der Waals surface area contributed by atoms with Crippen molar-refractivity contribution >= 4 is 22.8 Å². The highest BCUT2D eigenvalue weighted by Gasteiger charge is 2.29. The highest BCUT2D eigenvalue weighted by Crippen LogP contribution is 2.37. The van der Waals surface area contributed by atoms with E-state index in [-0.39, 0.29) is 22.8 Å². The maximum atomic E-state index is 12.6. The van der Waals surface area contributed by atoms with E-state index in [4.69, 9.17) is 4.74 Å². The van der Waals surface area contributed by atoms with E-state index in [0.717, 1.165) is 28.7 Å². The molecule has 1 aliphatic heterocycles. The Balaban J connectivity index is 1.46. The molecule has 8 heteroatoms. The summed E-state index contributed by atoms with van der Waals surface area (Å²) in [5.74, 6) is 0. The first kappa shape index (κ1) is 19.3. The van der Waals surface area contributed by atoms with E-state index in [9.17, 15) is 13.2 Å². The molecule has 4 rings (SSSR count). The molecule has 0 saturated carbocycles. The van der Waals surface area contributed by atoms with Crippen molar-refractivity contribution in [1.29, 1.82) is 0 Å². The van der Waals surface area contributed by atoms with Gasteiger partial charge in [0.2, 0.25) is 0 Å². The van der Waals surface area contributed by atoms with Gasteiger partial charge >= 0.3 is 5.51 Å². The lowest BCUT2D eigenvalue weighted by molar-refractivity contribution is -0.0329. The van der Waals surface area contributed by atoms with Crippen LogP contribution in [0, 0.1) is 0 Å². The monoisotopic (exact) mass is 407 g/mol. The standard InChI is InChI=1S/C20H20F3N3OS/c1-25-13-24-17-6-5-15(10-18(17)25)19-12-26(7-8-27-19)11-14-3-2-4-16(9-14)28-20(21,22)23/h2-6,9-10,13,19H,7-8,11-12H2,1H3/t19-/m1/s1. The maximum absolute atomic E-state index is 12.6. The van der Waals surface area contributed by atoms with E-state index in [2.05, 4.69) is 16.0 Å². The number of halogens is 3. The van der Waals surface area contributed by atoms with Gasteiger partial charge in [0.1, 0.15) is 0 Å². The molecular weight excluding hydrogens is 387 g/mol. The van der Waals surface area contributed by atoms with Crippen LogP contribution in [0.3, 0.4) is 0 Å². The first-order chi connectivity index (χ1) is 13.4. The molecule has 0 aliphatic carbocycles. The molecule has 1 saturated heterocycles. The molecule has 2 heterocycles. The average molecular weight is 407 g/mol. The van der Waals surface area contributed by atoms with Crippen LogP contribution >= 0.6 is 11.8 Å². The number of ether oxygens (including phenoxy) is 1. The van der Waals surface area contributed by atoms with E-state index >= 15 is 0 Å². The molecule has 1 aromatic heterocycles. The van der Waals surface area contributed by atoms with Crippen molar-refractivity contribution in [3.8, 4) is 0 Å². The summed E-state index contributed by atoms with van der Waals surface area (Å²) >= 11 is -0.0738. The van der Waals surface area contributed by atoms with Gasteiger partial charge in [0.05, 0.1) is 30.1 Å². The van der Waals surface area contributed by atoms with Crippen LogP contribution < -0.4 is 0 Å². The number of benzene rings is 2. The van der Waals surface area contributed by atoms with Crippen molar-refractivity contribution in [2.24, 2.45) is 7.05 Å². The van der Waals surface area contributed by atoms with Gasteiger partial charge in [-0.25, -0.2) is 4.98 Å². The number of hydrogen-bond donors (Lipinski definition) is 0. The molecule has 0 spiro atoms. The predicted octanol–water partition coefficient (Wildman–Crippen LogP) is 4.76. The van der Waals surface area contributed by atoms with Gasteiger partial charge in [-0.3, -0.25) is 4.90 Å². The third-order valence-electron chi connectivity index (χ3n) is 4.81. The Kier molecular flexibility index (Phi) is 5.35. The topological polar surface area (TPSA) is 30.3 Å². The second kappa shape index (κ2) is 7.77. The molecule has 3 aromatic rings.